The lowest BCUT2D eigenvalue weighted by Crippen LogP contribution is -2.13. The van der Waals surface area contributed by atoms with Crippen LogP contribution in [0.2, 0.25) is 0 Å². The van der Waals surface area contributed by atoms with Crippen molar-refractivity contribution in [3.8, 4) is 0 Å². The molecule has 42 valence electrons. The van der Waals surface area contributed by atoms with Gasteiger partial charge in [-0.2, -0.15) is 5.48 Å². The van der Waals surface area contributed by atoms with Gasteiger partial charge >= 0.3 is 0 Å². The number of hydrogen-bond acceptors (Lipinski definition) is 2. The van der Waals surface area contributed by atoms with Gasteiger partial charge in [0.15, 0.2) is 0 Å². The van der Waals surface area contributed by atoms with Gasteiger partial charge in [-0.1, -0.05) is 12.2 Å². The van der Waals surface area contributed by atoms with Crippen molar-refractivity contribution in [2.45, 2.75) is 6.92 Å². The first-order chi connectivity index (χ1) is 3.27. The third kappa shape index (κ3) is 5.66. The highest BCUT2D eigenvalue weighted by Crippen LogP contribution is 1.78. The highest BCUT2D eigenvalue weighted by Gasteiger charge is 1.78. The van der Waals surface area contributed by atoms with Gasteiger partial charge in [0.2, 0.25) is 0 Å². The van der Waals surface area contributed by atoms with Gasteiger partial charge in [-0.15, -0.1) is 0 Å². The van der Waals surface area contributed by atoms with Crippen LogP contribution in [-0.2, 0) is 4.84 Å². The average Bonchev–Trinajstić information content (AvgIpc) is 1.61. The molecule has 0 aliphatic carbocycles. The van der Waals surface area contributed by atoms with Crippen LogP contribution in [0, 0.1) is 0 Å². The summed E-state index contributed by atoms with van der Waals surface area (Å²) in [6.45, 7) is 6.32. The van der Waals surface area contributed by atoms with Gasteiger partial charge in [0.05, 0.1) is 7.11 Å². The first-order valence-corrected chi connectivity index (χ1v) is 2.17. The Hall–Kier alpha value is -0.340. The minimum absolute atomic E-state index is 0.733. The van der Waals surface area contributed by atoms with E-state index in [1.165, 1.54) is 0 Å². The van der Waals surface area contributed by atoms with Crippen LogP contribution >= 0.6 is 0 Å². The summed E-state index contributed by atoms with van der Waals surface area (Å²) in [7, 11) is 1.59. The van der Waals surface area contributed by atoms with Crippen LogP contribution in [0.5, 0.6) is 0 Å². The van der Waals surface area contributed by atoms with Crippen LogP contribution in [0.1, 0.15) is 6.92 Å². The van der Waals surface area contributed by atoms with Crippen molar-refractivity contribution in [2.24, 2.45) is 0 Å². The molecule has 0 heterocycles. The Morgan fingerprint density at radius 3 is 2.57 bits per heavy atom. The molecule has 0 fully saturated rings. The molecule has 0 bridgehead atoms. The van der Waals surface area contributed by atoms with Crippen molar-refractivity contribution in [1.82, 2.24) is 5.48 Å². The zero-order chi connectivity index (χ0) is 5.70. The Balaban J connectivity index is 2.82. The second-order valence-electron chi connectivity index (χ2n) is 1.48. The molecule has 0 aromatic heterocycles. The van der Waals surface area contributed by atoms with Crippen LogP contribution in [0.25, 0.3) is 0 Å². The Bertz CT molecular complexity index is 61.1. The smallest absolute Gasteiger partial charge is 0.0572 e. The van der Waals surface area contributed by atoms with Gasteiger partial charge in [-0.25, -0.2) is 0 Å². The molecular formula is C5H11NO. The van der Waals surface area contributed by atoms with Crippen LogP contribution in [0.4, 0.5) is 0 Å². The summed E-state index contributed by atoms with van der Waals surface area (Å²) < 4.78 is 0. The zero-order valence-corrected chi connectivity index (χ0v) is 4.82. The third-order valence-electron chi connectivity index (χ3n) is 0.518. The fourth-order valence-corrected chi connectivity index (χ4v) is 0.195. The number of rotatable bonds is 3. The molecule has 2 nitrogen and oxygen atoms in total. The molecule has 0 radical (unpaired) electrons. The maximum Gasteiger partial charge on any atom is 0.0572 e. The highest BCUT2D eigenvalue weighted by molar-refractivity contribution is 4.88. The zero-order valence-electron chi connectivity index (χ0n) is 4.82. The van der Waals surface area contributed by atoms with Gasteiger partial charge in [0.25, 0.3) is 0 Å². The normalized spacial score (nSPS) is 8.86. The lowest BCUT2D eigenvalue weighted by Gasteiger charge is -1.96. The van der Waals surface area contributed by atoms with E-state index in [-0.39, 0.29) is 0 Å². The van der Waals surface area contributed by atoms with Crippen LogP contribution in [0.3, 0.4) is 0 Å². The van der Waals surface area contributed by atoms with E-state index in [2.05, 4.69) is 16.9 Å². The van der Waals surface area contributed by atoms with Crippen molar-refractivity contribution >= 4 is 0 Å². The maximum absolute atomic E-state index is 4.54. The van der Waals surface area contributed by atoms with Crippen molar-refractivity contribution < 1.29 is 4.84 Å². The van der Waals surface area contributed by atoms with Gasteiger partial charge in [0, 0.05) is 6.54 Å². The summed E-state index contributed by atoms with van der Waals surface area (Å²) in [4.78, 5) is 4.54. The van der Waals surface area contributed by atoms with E-state index >= 15 is 0 Å². The van der Waals surface area contributed by atoms with E-state index in [1.54, 1.807) is 7.11 Å². The van der Waals surface area contributed by atoms with E-state index in [0.717, 1.165) is 12.1 Å². The fourth-order valence-electron chi connectivity index (χ4n) is 0.195. The second kappa shape index (κ2) is 3.84. The molecule has 0 unspecified atom stereocenters. The molecule has 0 aliphatic rings. The van der Waals surface area contributed by atoms with Crippen molar-refractivity contribution in [3.63, 3.8) is 0 Å². The van der Waals surface area contributed by atoms with Gasteiger partial charge < -0.3 is 4.84 Å². The maximum atomic E-state index is 4.54. The molecular weight excluding hydrogens is 90.1 g/mol. The quantitative estimate of drug-likeness (QED) is 0.417. The van der Waals surface area contributed by atoms with E-state index in [0.29, 0.717) is 0 Å². The molecule has 0 amide bonds. The monoisotopic (exact) mass is 101 g/mol. The van der Waals surface area contributed by atoms with Crippen molar-refractivity contribution in [2.75, 3.05) is 13.7 Å². The molecule has 2 heteroatoms. The minimum Gasteiger partial charge on any atom is -0.305 e. The first-order valence-electron chi connectivity index (χ1n) is 2.17. The lowest BCUT2D eigenvalue weighted by atomic mass is 10.4. The Labute approximate surface area is 44.1 Å². The summed E-state index contributed by atoms with van der Waals surface area (Å²) in [5.41, 5.74) is 3.72. The Kier molecular flexibility index (Phi) is 3.65. The summed E-state index contributed by atoms with van der Waals surface area (Å²) in [6.07, 6.45) is 0. The first kappa shape index (κ1) is 6.66. The standard InChI is InChI=1S/C5H11NO/c1-5(2)4-6-7-3/h6H,1,4H2,2-3H3. The molecule has 0 aromatic carbocycles. The van der Waals surface area contributed by atoms with E-state index in [9.17, 15) is 0 Å². The highest BCUT2D eigenvalue weighted by atomic mass is 16.6. The molecule has 1 N–H and O–H groups in total. The average molecular weight is 101 g/mol. The summed E-state index contributed by atoms with van der Waals surface area (Å²) >= 11 is 0. The topological polar surface area (TPSA) is 21.3 Å². The number of hydroxylamine groups is 1. The summed E-state index contributed by atoms with van der Waals surface area (Å²) in [5, 5.41) is 0. The van der Waals surface area contributed by atoms with E-state index < -0.39 is 0 Å². The second-order valence-corrected chi connectivity index (χ2v) is 1.48. The van der Waals surface area contributed by atoms with Crippen LogP contribution < -0.4 is 5.48 Å². The molecule has 7 heavy (non-hydrogen) atoms. The fraction of sp³-hybridized carbons (Fsp3) is 0.600. The number of nitrogens with one attached hydrogen (secondary N) is 1. The Morgan fingerprint density at radius 2 is 2.43 bits per heavy atom. The molecule has 0 saturated heterocycles. The SMILES string of the molecule is C=C(C)CNOC. The summed E-state index contributed by atoms with van der Waals surface area (Å²) in [5.74, 6) is 0. The van der Waals surface area contributed by atoms with E-state index in [1.807, 2.05) is 6.92 Å². The minimum atomic E-state index is 0.733. The molecule has 0 rings (SSSR count). The van der Waals surface area contributed by atoms with E-state index in [4.69, 9.17) is 0 Å². The van der Waals surface area contributed by atoms with Gasteiger partial charge in [-0.3, -0.25) is 0 Å². The van der Waals surface area contributed by atoms with Crippen molar-refractivity contribution in [1.29, 1.82) is 0 Å². The molecule has 0 atom stereocenters. The predicted octanol–water partition coefficient (Wildman–Crippen LogP) is 0.714. The van der Waals surface area contributed by atoms with Crippen LogP contribution in [0.15, 0.2) is 12.2 Å². The van der Waals surface area contributed by atoms with Gasteiger partial charge in [-0.05, 0) is 6.92 Å². The number of hydrogen-bond donors (Lipinski definition) is 1. The Morgan fingerprint density at radius 1 is 1.86 bits per heavy atom. The third-order valence-corrected chi connectivity index (χ3v) is 0.518. The molecule has 0 aromatic rings. The molecule has 0 aliphatic heterocycles. The molecule has 0 spiro atoms. The predicted molar refractivity (Wildman–Crippen MR) is 29.8 cm³/mol. The van der Waals surface area contributed by atoms with Crippen LogP contribution in [-0.4, -0.2) is 13.7 Å². The van der Waals surface area contributed by atoms with Gasteiger partial charge in [0.1, 0.15) is 0 Å². The summed E-state index contributed by atoms with van der Waals surface area (Å²) in [6, 6.07) is 0. The molecule has 0 saturated carbocycles. The van der Waals surface area contributed by atoms with Crippen molar-refractivity contribution in [3.05, 3.63) is 12.2 Å². The lowest BCUT2D eigenvalue weighted by molar-refractivity contribution is 0.0991. The largest absolute Gasteiger partial charge is 0.305 e.